The van der Waals surface area contributed by atoms with E-state index in [0.29, 0.717) is 24.5 Å². The van der Waals surface area contributed by atoms with Crippen LogP contribution in [0.25, 0.3) is 0 Å². The van der Waals surface area contributed by atoms with Gasteiger partial charge in [0.25, 0.3) is 0 Å². The van der Waals surface area contributed by atoms with Gasteiger partial charge in [0, 0.05) is 12.2 Å². The lowest BCUT2D eigenvalue weighted by atomic mass is 10.0. The molecule has 3 N–H and O–H groups in total. The lowest BCUT2D eigenvalue weighted by molar-refractivity contribution is -0.142. The molecule has 3 amide bonds. The number of carbonyl (C=O) groups is 4. The zero-order valence-electron chi connectivity index (χ0n) is 15.6. The van der Waals surface area contributed by atoms with Crippen LogP contribution in [-0.2, 0) is 19.2 Å². The molecule has 0 bridgehead atoms. The first-order chi connectivity index (χ1) is 12.3. The zero-order valence-corrected chi connectivity index (χ0v) is 16.4. The summed E-state index contributed by atoms with van der Waals surface area (Å²) in [6, 6.07) is -1.56. The summed E-state index contributed by atoms with van der Waals surface area (Å²) < 4.78 is 0. The predicted octanol–water partition coefficient (Wildman–Crippen LogP) is 0.810. The summed E-state index contributed by atoms with van der Waals surface area (Å²) in [6.45, 7) is 5.43. The van der Waals surface area contributed by atoms with Crippen LogP contribution in [-0.4, -0.2) is 64.0 Å². The van der Waals surface area contributed by atoms with Gasteiger partial charge in [0.1, 0.15) is 12.1 Å². The number of amides is 3. The molecule has 1 aliphatic heterocycles. The minimum Gasteiger partial charge on any atom is -0.480 e. The molecule has 1 heterocycles. The number of carboxylic acids is 1. The summed E-state index contributed by atoms with van der Waals surface area (Å²) >= 11 is 1.50. The number of nitrogens with one attached hydrogen (secondary N) is 2. The molecule has 0 radical (unpaired) electrons. The van der Waals surface area contributed by atoms with E-state index in [1.165, 1.54) is 11.8 Å². The van der Waals surface area contributed by atoms with Crippen LogP contribution in [0.4, 0.5) is 0 Å². The molecule has 1 saturated heterocycles. The maximum atomic E-state index is 12.3. The van der Waals surface area contributed by atoms with Crippen molar-refractivity contribution in [2.24, 2.45) is 5.92 Å². The van der Waals surface area contributed by atoms with Crippen LogP contribution in [0.15, 0.2) is 0 Å². The highest BCUT2D eigenvalue weighted by Gasteiger charge is 2.34. The Balaban J connectivity index is 2.50. The number of hydrogen-bond donors (Lipinski definition) is 3. The number of unbranched alkanes of at least 4 members (excludes halogenated alkanes) is 1. The highest BCUT2D eigenvalue weighted by atomic mass is 32.2. The molecule has 148 valence electrons. The number of aliphatic carboxylic acids is 1. The third-order valence-corrected chi connectivity index (χ3v) is 5.03. The monoisotopic (exact) mass is 387 g/mol. The highest BCUT2D eigenvalue weighted by Crippen LogP contribution is 2.22. The van der Waals surface area contributed by atoms with Gasteiger partial charge in [-0.1, -0.05) is 27.2 Å². The van der Waals surface area contributed by atoms with Crippen molar-refractivity contribution in [2.45, 2.75) is 58.5 Å². The molecule has 1 unspecified atom stereocenters. The molecule has 9 heteroatoms. The summed E-state index contributed by atoms with van der Waals surface area (Å²) in [7, 11) is 0. The van der Waals surface area contributed by atoms with E-state index in [0.717, 1.165) is 12.8 Å². The normalized spacial score (nSPS) is 17.8. The third kappa shape index (κ3) is 7.23. The molecule has 26 heavy (non-hydrogen) atoms. The van der Waals surface area contributed by atoms with Crippen LogP contribution >= 0.6 is 11.8 Å². The molecular formula is C17H29N3O5S. The Morgan fingerprint density at radius 3 is 2.54 bits per heavy atom. The molecule has 1 rings (SSSR count). The SMILES string of the molecule is CCCCC(=O)N1CSCC1C(=O)NCC(=O)N[C@@H](CC(C)C)C(=O)O. The Morgan fingerprint density at radius 2 is 1.96 bits per heavy atom. The summed E-state index contributed by atoms with van der Waals surface area (Å²) in [5.41, 5.74) is 0. The summed E-state index contributed by atoms with van der Waals surface area (Å²) in [5, 5.41) is 14.1. The smallest absolute Gasteiger partial charge is 0.326 e. The van der Waals surface area contributed by atoms with Gasteiger partial charge >= 0.3 is 5.97 Å². The van der Waals surface area contributed by atoms with E-state index in [9.17, 15) is 19.2 Å². The van der Waals surface area contributed by atoms with Crippen molar-refractivity contribution >= 4 is 35.5 Å². The Kier molecular flexibility index (Phi) is 9.47. The molecule has 0 aromatic carbocycles. The van der Waals surface area contributed by atoms with E-state index in [1.54, 1.807) is 4.90 Å². The summed E-state index contributed by atoms with van der Waals surface area (Å²) in [4.78, 5) is 49.2. The largest absolute Gasteiger partial charge is 0.480 e. The average molecular weight is 388 g/mol. The van der Waals surface area contributed by atoms with Gasteiger partial charge in [0.15, 0.2) is 0 Å². The molecule has 0 spiro atoms. The topological polar surface area (TPSA) is 116 Å². The van der Waals surface area contributed by atoms with Crippen molar-refractivity contribution in [2.75, 3.05) is 18.2 Å². The van der Waals surface area contributed by atoms with Crippen molar-refractivity contribution in [3.8, 4) is 0 Å². The van der Waals surface area contributed by atoms with E-state index in [4.69, 9.17) is 5.11 Å². The van der Waals surface area contributed by atoms with Crippen molar-refractivity contribution in [1.29, 1.82) is 0 Å². The van der Waals surface area contributed by atoms with Crippen molar-refractivity contribution in [1.82, 2.24) is 15.5 Å². The van der Waals surface area contributed by atoms with E-state index < -0.39 is 24.0 Å². The van der Waals surface area contributed by atoms with Crippen molar-refractivity contribution < 1.29 is 24.3 Å². The van der Waals surface area contributed by atoms with Gasteiger partial charge in [-0.25, -0.2) is 4.79 Å². The minimum absolute atomic E-state index is 0.0515. The van der Waals surface area contributed by atoms with Gasteiger partial charge < -0.3 is 20.6 Å². The average Bonchev–Trinajstić information content (AvgIpc) is 3.06. The van der Waals surface area contributed by atoms with Gasteiger partial charge in [-0.05, 0) is 18.8 Å². The molecular weight excluding hydrogens is 358 g/mol. The van der Waals surface area contributed by atoms with Crippen LogP contribution in [0.5, 0.6) is 0 Å². The third-order valence-electron chi connectivity index (χ3n) is 4.01. The quantitative estimate of drug-likeness (QED) is 0.511. The standard InChI is InChI=1S/C17H29N3O5S/c1-4-5-6-15(22)20-10-26-9-13(20)16(23)18-8-14(21)19-12(17(24)25)7-11(2)3/h11-13H,4-10H2,1-3H3,(H,18,23)(H,19,21)(H,24,25)/t12-,13?/m0/s1. The number of carbonyl (C=O) groups excluding carboxylic acids is 3. The molecule has 8 nitrogen and oxygen atoms in total. The van der Waals surface area contributed by atoms with Gasteiger partial charge in [-0.3, -0.25) is 14.4 Å². The minimum atomic E-state index is -1.10. The lowest BCUT2D eigenvalue weighted by Gasteiger charge is -2.23. The van der Waals surface area contributed by atoms with Crippen molar-refractivity contribution in [3.63, 3.8) is 0 Å². The number of thioether (sulfide) groups is 1. The Labute approximate surface area is 158 Å². The maximum absolute atomic E-state index is 12.3. The molecule has 0 aliphatic carbocycles. The van der Waals surface area contributed by atoms with E-state index >= 15 is 0 Å². The van der Waals surface area contributed by atoms with Crippen LogP contribution < -0.4 is 10.6 Å². The summed E-state index contributed by atoms with van der Waals surface area (Å²) in [5.74, 6) is -1.00. The van der Waals surface area contributed by atoms with Crippen LogP contribution in [0.1, 0.15) is 46.5 Å². The first-order valence-corrected chi connectivity index (χ1v) is 10.1. The second-order valence-corrected chi connectivity index (χ2v) is 7.79. The fourth-order valence-electron chi connectivity index (χ4n) is 2.60. The molecule has 0 saturated carbocycles. The lowest BCUT2D eigenvalue weighted by Crippen LogP contribution is -2.51. The molecule has 0 aromatic rings. The maximum Gasteiger partial charge on any atom is 0.326 e. The van der Waals surface area contributed by atoms with Gasteiger partial charge in [0.2, 0.25) is 17.7 Å². The first kappa shape index (κ1) is 22.3. The summed E-state index contributed by atoms with van der Waals surface area (Å²) in [6.07, 6.45) is 2.42. The number of nitrogens with zero attached hydrogens (tertiary/aromatic N) is 1. The molecule has 1 aliphatic rings. The van der Waals surface area contributed by atoms with Crippen molar-refractivity contribution in [3.05, 3.63) is 0 Å². The van der Waals surface area contributed by atoms with Crippen LogP contribution in [0.2, 0.25) is 0 Å². The highest BCUT2D eigenvalue weighted by molar-refractivity contribution is 7.99. The Bertz CT molecular complexity index is 527. The van der Waals surface area contributed by atoms with Gasteiger partial charge in [-0.15, -0.1) is 11.8 Å². The zero-order chi connectivity index (χ0) is 19.7. The second kappa shape index (κ2) is 11.1. The fraction of sp³-hybridized carbons (Fsp3) is 0.765. The van der Waals surface area contributed by atoms with E-state index in [1.807, 2.05) is 20.8 Å². The molecule has 0 aromatic heterocycles. The van der Waals surface area contributed by atoms with Gasteiger partial charge in [0.05, 0.1) is 12.4 Å². The second-order valence-electron chi connectivity index (χ2n) is 6.79. The van der Waals surface area contributed by atoms with E-state index in [-0.39, 0.29) is 24.3 Å². The molecule has 1 fully saturated rings. The predicted molar refractivity (Wildman–Crippen MR) is 99.5 cm³/mol. The van der Waals surface area contributed by atoms with E-state index in [2.05, 4.69) is 10.6 Å². The Morgan fingerprint density at radius 1 is 1.27 bits per heavy atom. The van der Waals surface area contributed by atoms with Crippen LogP contribution in [0.3, 0.4) is 0 Å². The Hall–Kier alpha value is -1.77. The number of rotatable bonds is 10. The number of carboxylic acid groups (broad SMARTS) is 1. The van der Waals surface area contributed by atoms with Gasteiger partial charge in [-0.2, -0.15) is 0 Å². The molecule has 2 atom stereocenters. The van der Waals surface area contributed by atoms with Crippen LogP contribution in [0, 0.1) is 5.92 Å². The fourth-order valence-corrected chi connectivity index (χ4v) is 3.78. The number of hydrogen-bond acceptors (Lipinski definition) is 5. The first-order valence-electron chi connectivity index (χ1n) is 8.93.